The molecule has 0 aromatic heterocycles. The third-order valence-corrected chi connectivity index (χ3v) is 7.28. The first-order valence-corrected chi connectivity index (χ1v) is 10.00. The zero-order chi connectivity index (χ0) is 29.7. The average Bonchev–Trinajstić information content (AvgIpc) is 2.56. The minimum atomic E-state index is -5.63. The highest BCUT2D eigenvalue weighted by Crippen LogP contribution is 2.56. The van der Waals surface area contributed by atoms with Crippen LogP contribution in [-0.4, -0.2) is 57.2 Å². The molecule has 4 nitrogen and oxygen atoms in total. The van der Waals surface area contributed by atoms with Crippen LogP contribution in [0.5, 0.6) is 0 Å². The van der Waals surface area contributed by atoms with Gasteiger partial charge in [0.05, 0.1) is 16.6 Å². The molecule has 210 valence electrons. The van der Waals surface area contributed by atoms with Crippen molar-refractivity contribution in [2.45, 2.75) is 105 Å². The van der Waals surface area contributed by atoms with Crippen molar-refractivity contribution in [2.75, 3.05) is 0 Å². The standard InChI is InChI=1S/C12H19F5O2.C9H13F5O2/c1-8(2,10(5,6)19)9(3,4)11(13,14)7(18)12(15,16)17;1-6(2,7(3,4)16)8(10,11)5(15)9(12,13)14/h19H,1-6H3;16H,1-4H3. The quantitative estimate of drug-likeness (QED) is 0.383. The first kappa shape index (κ1) is 35.7. The molecule has 0 fully saturated rings. The third-order valence-electron chi connectivity index (χ3n) is 7.28. The Hall–Kier alpha value is -1.44. The first-order chi connectivity index (χ1) is 14.6. The topological polar surface area (TPSA) is 74.6 Å². The SMILES string of the molecule is CC(C)(O)C(C)(C)C(C)(C)C(F)(F)C(=O)C(F)(F)F.CC(C)(O)C(C)(C)C(F)(F)C(=O)C(F)(F)F. The first-order valence-electron chi connectivity index (χ1n) is 10.00. The van der Waals surface area contributed by atoms with E-state index in [9.17, 15) is 63.7 Å². The van der Waals surface area contributed by atoms with Crippen molar-refractivity contribution in [1.82, 2.24) is 0 Å². The van der Waals surface area contributed by atoms with Gasteiger partial charge in [0.25, 0.3) is 0 Å². The van der Waals surface area contributed by atoms with E-state index >= 15 is 0 Å². The third kappa shape index (κ3) is 6.66. The van der Waals surface area contributed by atoms with E-state index in [1.54, 1.807) is 0 Å². The summed E-state index contributed by atoms with van der Waals surface area (Å²) in [6.45, 7) is 9.76. The van der Waals surface area contributed by atoms with E-state index in [1.165, 1.54) is 27.7 Å². The molecule has 2 N–H and O–H groups in total. The van der Waals surface area contributed by atoms with Crippen LogP contribution >= 0.6 is 0 Å². The Morgan fingerprint density at radius 2 is 0.629 bits per heavy atom. The smallest absolute Gasteiger partial charge is 0.390 e. The van der Waals surface area contributed by atoms with Crippen LogP contribution in [0, 0.1) is 16.2 Å². The molecule has 0 aliphatic carbocycles. The maximum Gasteiger partial charge on any atom is 0.456 e. The van der Waals surface area contributed by atoms with Gasteiger partial charge >= 0.3 is 35.8 Å². The van der Waals surface area contributed by atoms with Gasteiger partial charge in [-0.25, -0.2) is 0 Å². The highest BCUT2D eigenvalue weighted by atomic mass is 19.4. The van der Waals surface area contributed by atoms with Crippen molar-refractivity contribution in [3.63, 3.8) is 0 Å². The number of hydrogen-bond donors (Lipinski definition) is 2. The van der Waals surface area contributed by atoms with E-state index in [0.717, 1.165) is 27.7 Å². The number of alkyl halides is 10. The van der Waals surface area contributed by atoms with Gasteiger partial charge in [0.15, 0.2) is 0 Å². The molecule has 0 radical (unpaired) electrons. The van der Waals surface area contributed by atoms with Crippen LogP contribution in [-0.2, 0) is 9.59 Å². The van der Waals surface area contributed by atoms with Gasteiger partial charge in [0, 0.05) is 10.8 Å². The Balaban J connectivity index is 0. The summed E-state index contributed by atoms with van der Waals surface area (Å²) in [6, 6.07) is 0. The van der Waals surface area contributed by atoms with E-state index in [1.807, 2.05) is 0 Å². The monoisotopic (exact) mass is 538 g/mol. The van der Waals surface area contributed by atoms with E-state index in [4.69, 9.17) is 0 Å². The Bertz CT molecular complexity index is 778. The predicted molar refractivity (Wildman–Crippen MR) is 106 cm³/mol. The van der Waals surface area contributed by atoms with E-state index in [2.05, 4.69) is 0 Å². The van der Waals surface area contributed by atoms with Crippen LogP contribution in [0.1, 0.15) is 69.2 Å². The molecule has 0 bridgehead atoms. The van der Waals surface area contributed by atoms with Gasteiger partial charge in [-0.2, -0.15) is 43.9 Å². The van der Waals surface area contributed by atoms with Gasteiger partial charge in [-0.05, 0) is 27.7 Å². The Morgan fingerprint density at radius 1 is 0.429 bits per heavy atom. The molecule has 0 unspecified atom stereocenters. The molecule has 35 heavy (non-hydrogen) atoms. The van der Waals surface area contributed by atoms with Crippen LogP contribution < -0.4 is 0 Å². The number of ketones is 2. The fraction of sp³-hybridized carbons (Fsp3) is 0.905. The maximum atomic E-state index is 13.9. The molecule has 0 saturated carbocycles. The van der Waals surface area contributed by atoms with Crippen molar-refractivity contribution in [1.29, 1.82) is 0 Å². The fourth-order valence-corrected chi connectivity index (χ4v) is 2.47. The highest BCUT2D eigenvalue weighted by molar-refractivity contribution is 5.92. The molecule has 0 atom stereocenters. The lowest BCUT2D eigenvalue weighted by atomic mass is 9.56. The van der Waals surface area contributed by atoms with Crippen LogP contribution in [0.3, 0.4) is 0 Å². The molecule has 0 aliphatic rings. The summed E-state index contributed by atoms with van der Waals surface area (Å²) < 4.78 is 127. The number of halogens is 10. The second-order valence-corrected chi connectivity index (χ2v) is 10.8. The number of carbonyl (C=O) groups excluding carboxylic acids is 2. The summed E-state index contributed by atoms with van der Waals surface area (Å²) in [5.74, 6) is -15.6. The summed E-state index contributed by atoms with van der Waals surface area (Å²) in [4.78, 5) is 21.5. The zero-order valence-corrected chi connectivity index (χ0v) is 21.0. The molecular weight excluding hydrogens is 506 g/mol. The summed E-state index contributed by atoms with van der Waals surface area (Å²) in [7, 11) is 0. The molecule has 0 rings (SSSR count). The largest absolute Gasteiger partial charge is 0.456 e. The Kier molecular flexibility index (Phi) is 9.65. The molecule has 0 amide bonds. The van der Waals surface area contributed by atoms with Crippen LogP contribution in [0.15, 0.2) is 0 Å². The minimum Gasteiger partial charge on any atom is -0.390 e. The normalized spacial score (nSPS) is 15.4. The van der Waals surface area contributed by atoms with Gasteiger partial charge in [0.2, 0.25) is 0 Å². The molecular formula is C21H32F10O4. The van der Waals surface area contributed by atoms with Gasteiger partial charge in [-0.15, -0.1) is 0 Å². The summed E-state index contributed by atoms with van der Waals surface area (Å²) in [5, 5.41) is 19.3. The van der Waals surface area contributed by atoms with Gasteiger partial charge < -0.3 is 10.2 Å². The lowest BCUT2D eigenvalue weighted by Gasteiger charge is -2.51. The van der Waals surface area contributed by atoms with E-state index < -0.39 is 63.2 Å². The number of carbonyl (C=O) groups is 2. The summed E-state index contributed by atoms with van der Waals surface area (Å²) >= 11 is 0. The lowest BCUT2D eigenvalue weighted by molar-refractivity contribution is -0.237. The Morgan fingerprint density at radius 3 is 0.800 bits per heavy atom. The van der Waals surface area contributed by atoms with Crippen molar-refractivity contribution in [3.8, 4) is 0 Å². The van der Waals surface area contributed by atoms with Gasteiger partial charge in [0.1, 0.15) is 0 Å². The average molecular weight is 538 g/mol. The number of Topliss-reactive ketones (excluding diaryl/α,β-unsaturated/α-hetero) is 2. The maximum absolute atomic E-state index is 13.9. The molecule has 0 heterocycles. The molecule has 0 aromatic rings. The molecule has 0 aromatic carbocycles. The molecule has 14 heteroatoms. The number of aliphatic hydroxyl groups is 2. The van der Waals surface area contributed by atoms with Crippen molar-refractivity contribution in [3.05, 3.63) is 0 Å². The highest BCUT2D eigenvalue weighted by Gasteiger charge is 2.69. The molecule has 0 aliphatic heterocycles. The van der Waals surface area contributed by atoms with Crippen molar-refractivity contribution < 1.29 is 63.7 Å². The van der Waals surface area contributed by atoms with Gasteiger partial charge in [-0.3, -0.25) is 9.59 Å². The van der Waals surface area contributed by atoms with Crippen molar-refractivity contribution in [2.24, 2.45) is 16.2 Å². The summed E-state index contributed by atoms with van der Waals surface area (Å²) in [5.41, 5.74) is -10.4. The van der Waals surface area contributed by atoms with Crippen LogP contribution in [0.4, 0.5) is 43.9 Å². The molecule has 0 spiro atoms. The predicted octanol–water partition coefficient (Wildman–Crippen LogP) is 6.13. The Labute approximate surface area is 197 Å². The molecule has 0 saturated heterocycles. The van der Waals surface area contributed by atoms with Crippen LogP contribution in [0.2, 0.25) is 0 Å². The van der Waals surface area contributed by atoms with E-state index in [-0.39, 0.29) is 0 Å². The number of rotatable bonds is 7. The number of hydrogen-bond acceptors (Lipinski definition) is 4. The fourth-order valence-electron chi connectivity index (χ4n) is 2.47. The van der Waals surface area contributed by atoms with Crippen LogP contribution in [0.25, 0.3) is 0 Å². The second-order valence-electron chi connectivity index (χ2n) is 10.8. The minimum absolute atomic E-state index is 0.705. The van der Waals surface area contributed by atoms with E-state index in [0.29, 0.717) is 13.8 Å². The second kappa shape index (κ2) is 9.46. The lowest BCUT2D eigenvalue weighted by Crippen LogP contribution is -2.61. The van der Waals surface area contributed by atoms with Gasteiger partial charge in [-0.1, -0.05) is 41.5 Å². The summed E-state index contributed by atoms with van der Waals surface area (Å²) in [6.07, 6.45) is -11.3. The van der Waals surface area contributed by atoms with Crippen molar-refractivity contribution >= 4 is 11.6 Å². The zero-order valence-electron chi connectivity index (χ0n) is 21.0.